The summed E-state index contributed by atoms with van der Waals surface area (Å²) in [5.74, 6) is -0.909. The lowest BCUT2D eigenvalue weighted by Gasteiger charge is -2.21. The highest BCUT2D eigenvalue weighted by Crippen LogP contribution is 2.18. The highest BCUT2D eigenvalue weighted by Gasteiger charge is 2.28. The Morgan fingerprint density at radius 3 is 2.48 bits per heavy atom. The summed E-state index contributed by atoms with van der Waals surface area (Å²) >= 11 is 0. The van der Waals surface area contributed by atoms with Crippen LogP contribution in [0.25, 0.3) is 0 Å². The molecule has 1 aromatic carbocycles. The van der Waals surface area contributed by atoms with Gasteiger partial charge in [-0.1, -0.05) is 30.3 Å². The van der Waals surface area contributed by atoms with Crippen LogP contribution < -0.4 is 0 Å². The first kappa shape index (κ1) is 15.6. The highest BCUT2D eigenvalue weighted by atomic mass is 32.2. The lowest BCUT2D eigenvalue weighted by molar-refractivity contribution is 0.250. The normalized spacial score (nSPS) is 11.8. The number of rotatable bonds is 6. The van der Waals surface area contributed by atoms with E-state index in [1.54, 1.807) is 24.3 Å². The van der Waals surface area contributed by atoms with Crippen molar-refractivity contribution in [3.63, 3.8) is 0 Å². The molecule has 0 saturated heterocycles. The lowest BCUT2D eigenvalue weighted by Crippen LogP contribution is -2.34. The van der Waals surface area contributed by atoms with Crippen LogP contribution >= 0.6 is 0 Å². The van der Waals surface area contributed by atoms with Gasteiger partial charge in [-0.25, -0.2) is 17.8 Å². The maximum atomic E-state index is 13.7. The van der Waals surface area contributed by atoms with Crippen molar-refractivity contribution in [1.29, 1.82) is 0 Å². The molecule has 0 bridgehead atoms. The topological polar surface area (TPSA) is 70.5 Å². The first-order valence-corrected chi connectivity index (χ1v) is 7.75. The van der Waals surface area contributed by atoms with Crippen molar-refractivity contribution in [1.82, 2.24) is 9.29 Å². The molecule has 0 unspecified atom stereocenters. The SMILES string of the molecule is O=S(=O)(c1ncccc1F)N(CCO)Cc1ccccc1. The molecule has 0 aliphatic carbocycles. The second kappa shape index (κ2) is 6.75. The molecule has 2 aromatic rings. The summed E-state index contributed by atoms with van der Waals surface area (Å²) in [5, 5.41) is 8.44. The summed E-state index contributed by atoms with van der Waals surface area (Å²) in [6.45, 7) is -0.451. The monoisotopic (exact) mass is 310 g/mol. The molecule has 112 valence electrons. The van der Waals surface area contributed by atoms with E-state index in [2.05, 4.69) is 4.98 Å². The van der Waals surface area contributed by atoms with Gasteiger partial charge >= 0.3 is 0 Å². The number of sulfonamides is 1. The third-order valence-corrected chi connectivity index (χ3v) is 4.64. The first-order chi connectivity index (χ1) is 10.1. The van der Waals surface area contributed by atoms with E-state index in [1.807, 2.05) is 6.07 Å². The fourth-order valence-corrected chi connectivity index (χ4v) is 3.26. The van der Waals surface area contributed by atoms with Gasteiger partial charge in [0, 0.05) is 19.3 Å². The zero-order chi connectivity index (χ0) is 15.3. The van der Waals surface area contributed by atoms with Gasteiger partial charge in [-0.15, -0.1) is 0 Å². The molecule has 7 heteroatoms. The number of halogens is 1. The van der Waals surface area contributed by atoms with Crippen molar-refractivity contribution in [2.75, 3.05) is 13.2 Å². The molecule has 0 amide bonds. The lowest BCUT2D eigenvalue weighted by atomic mass is 10.2. The number of pyridine rings is 1. The predicted molar refractivity (Wildman–Crippen MR) is 75.3 cm³/mol. The summed E-state index contributed by atoms with van der Waals surface area (Å²) in [6.07, 6.45) is 1.22. The van der Waals surface area contributed by atoms with E-state index in [0.29, 0.717) is 0 Å². The fraction of sp³-hybridized carbons (Fsp3) is 0.214. The maximum Gasteiger partial charge on any atom is 0.263 e. The zero-order valence-corrected chi connectivity index (χ0v) is 12.0. The Balaban J connectivity index is 2.35. The van der Waals surface area contributed by atoms with E-state index < -0.39 is 20.9 Å². The van der Waals surface area contributed by atoms with Crippen LogP contribution in [0.3, 0.4) is 0 Å². The zero-order valence-electron chi connectivity index (χ0n) is 11.2. The fourth-order valence-electron chi connectivity index (χ4n) is 1.87. The maximum absolute atomic E-state index is 13.7. The minimum atomic E-state index is -4.10. The van der Waals surface area contributed by atoms with Crippen LogP contribution in [-0.4, -0.2) is 36.0 Å². The Bertz CT molecular complexity index is 692. The molecule has 0 aliphatic heterocycles. The first-order valence-electron chi connectivity index (χ1n) is 6.31. The van der Waals surface area contributed by atoms with E-state index in [9.17, 15) is 12.8 Å². The van der Waals surface area contributed by atoms with Crippen molar-refractivity contribution in [3.05, 3.63) is 60.0 Å². The molecule has 21 heavy (non-hydrogen) atoms. The third-order valence-electron chi connectivity index (χ3n) is 2.86. The van der Waals surface area contributed by atoms with Crippen LogP contribution in [0.1, 0.15) is 5.56 Å². The predicted octanol–water partition coefficient (Wildman–Crippen LogP) is 1.40. The summed E-state index contributed by atoms with van der Waals surface area (Å²) in [7, 11) is -4.10. The number of hydrogen-bond acceptors (Lipinski definition) is 4. The van der Waals surface area contributed by atoms with Crippen molar-refractivity contribution in [2.24, 2.45) is 0 Å². The number of benzene rings is 1. The van der Waals surface area contributed by atoms with Crippen molar-refractivity contribution >= 4 is 10.0 Å². The van der Waals surface area contributed by atoms with E-state index in [4.69, 9.17) is 5.11 Å². The summed E-state index contributed by atoms with van der Waals surface area (Å²) in [5.41, 5.74) is 0.742. The van der Waals surface area contributed by atoms with E-state index in [0.717, 1.165) is 15.9 Å². The Labute approximate surface area is 122 Å². The molecule has 0 saturated carbocycles. The smallest absolute Gasteiger partial charge is 0.263 e. The number of aliphatic hydroxyl groups is 1. The highest BCUT2D eigenvalue weighted by molar-refractivity contribution is 7.89. The van der Waals surface area contributed by atoms with Gasteiger partial charge in [-0.05, 0) is 17.7 Å². The molecule has 0 aliphatic rings. The van der Waals surface area contributed by atoms with Crippen LogP contribution in [-0.2, 0) is 16.6 Å². The number of hydrogen-bond donors (Lipinski definition) is 1. The van der Waals surface area contributed by atoms with Gasteiger partial charge in [-0.3, -0.25) is 0 Å². The third kappa shape index (κ3) is 3.63. The number of aliphatic hydroxyl groups excluding tert-OH is 1. The Morgan fingerprint density at radius 2 is 1.86 bits per heavy atom. The van der Waals surface area contributed by atoms with Gasteiger partial charge < -0.3 is 5.11 Å². The Morgan fingerprint density at radius 1 is 1.14 bits per heavy atom. The summed E-state index contributed by atoms with van der Waals surface area (Å²) in [6, 6.07) is 11.2. The molecule has 5 nitrogen and oxygen atoms in total. The van der Waals surface area contributed by atoms with Gasteiger partial charge in [0.25, 0.3) is 10.0 Å². The van der Waals surface area contributed by atoms with E-state index >= 15 is 0 Å². The average Bonchev–Trinajstić information content (AvgIpc) is 2.48. The minimum Gasteiger partial charge on any atom is -0.395 e. The molecule has 0 fully saturated rings. The largest absolute Gasteiger partial charge is 0.395 e. The molecular formula is C14H15FN2O3S. The Hall–Kier alpha value is -1.83. The van der Waals surface area contributed by atoms with Crippen molar-refractivity contribution < 1.29 is 17.9 Å². The molecule has 2 rings (SSSR count). The van der Waals surface area contributed by atoms with Crippen LogP contribution in [0.15, 0.2) is 53.7 Å². The second-order valence-electron chi connectivity index (χ2n) is 4.34. The van der Waals surface area contributed by atoms with Gasteiger partial charge in [0.05, 0.1) is 6.61 Å². The summed E-state index contributed by atoms with van der Waals surface area (Å²) < 4.78 is 39.6. The number of aromatic nitrogens is 1. The van der Waals surface area contributed by atoms with Crippen LogP contribution in [0.5, 0.6) is 0 Å². The van der Waals surface area contributed by atoms with Crippen LogP contribution in [0.2, 0.25) is 0 Å². The molecular weight excluding hydrogens is 295 g/mol. The van der Waals surface area contributed by atoms with Crippen molar-refractivity contribution in [3.8, 4) is 0 Å². The van der Waals surface area contributed by atoms with E-state index in [1.165, 1.54) is 12.3 Å². The summed E-state index contributed by atoms with van der Waals surface area (Å²) in [4.78, 5) is 3.61. The van der Waals surface area contributed by atoms with Crippen molar-refractivity contribution in [2.45, 2.75) is 11.6 Å². The van der Waals surface area contributed by atoms with Gasteiger partial charge in [-0.2, -0.15) is 4.31 Å². The molecule has 1 heterocycles. The molecule has 0 atom stereocenters. The molecule has 1 N–H and O–H groups in total. The quantitative estimate of drug-likeness (QED) is 0.875. The average molecular weight is 310 g/mol. The minimum absolute atomic E-state index is 0.0414. The van der Waals surface area contributed by atoms with Crippen LogP contribution in [0.4, 0.5) is 4.39 Å². The number of nitrogens with zero attached hydrogens (tertiary/aromatic N) is 2. The molecule has 0 radical (unpaired) electrons. The van der Waals surface area contributed by atoms with Gasteiger partial charge in [0.15, 0.2) is 5.82 Å². The molecule has 1 aromatic heterocycles. The van der Waals surface area contributed by atoms with E-state index in [-0.39, 0.29) is 19.7 Å². The Kier molecular flexibility index (Phi) is 5.00. The van der Waals surface area contributed by atoms with Gasteiger partial charge in [0.2, 0.25) is 5.03 Å². The van der Waals surface area contributed by atoms with Crippen LogP contribution in [0, 0.1) is 5.82 Å². The van der Waals surface area contributed by atoms with Gasteiger partial charge in [0.1, 0.15) is 0 Å². The second-order valence-corrected chi connectivity index (χ2v) is 6.19. The molecule has 0 spiro atoms. The standard InChI is InChI=1S/C14H15FN2O3S/c15-13-7-4-8-16-14(13)21(19,20)17(9-10-18)11-12-5-2-1-3-6-12/h1-8,18H,9-11H2.